The van der Waals surface area contributed by atoms with Gasteiger partial charge in [-0.05, 0) is 12.1 Å². The fourth-order valence-corrected chi connectivity index (χ4v) is 2.06. The number of nitrogens with zero attached hydrogens (tertiary/aromatic N) is 4. The molecule has 0 aliphatic carbocycles. The van der Waals surface area contributed by atoms with Gasteiger partial charge in [-0.1, -0.05) is 0 Å². The number of aromatic nitrogens is 2. The van der Waals surface area contributed by atoms with Crippen LogP contribution in [0.4, 0.5) is 5.82 Å². The number of nitrogens with one attached hydrogen (secondary N) is 2. The molecule has 0 bridgehead atoms. The second-order valence-corrected chi connectivity index (χ2v) is 4.65. The molecular weight excluding hydrogens is 272 g/mol. The molecule has 1 aliphatic heterocycles. The molecule has 1 atom stereocenters. The van der Waals surface area contributed by atoms with Crippen LogP contribution in [0.5, 0.6) is 0 Å². The van der Waals surface area contributed by atoms with E-state index in [-0.39, 0.29) is 25.1 Å². The van der Waals surface area contributed by atoms with Crippen LogP contribution in [0.2, 0.25) is 0 Å². The molecule has 1 aromatic heterocycles. The van der Waals surface area contributed by atoms with Crippen molar-refractivity contribution in [2.75, 3.05) is 44.6 Å². The SMILES string of the molecule is N#CCNC(=O)CN1CCO[C@@H](CNc2cccnn2)C1. The van der Waals surface area contributed by atoms with Crippen molar-refractivity contribution < 1.29 is 9.53 Å². The normalized spacial score (nSPS) is 18.7. The largest absolute Gasteiger partial charge is 0.374 e. The van der Waals surface area contributed by atoms with E-state index in [0.717, 1.165) is 0 Å². The van der Waals surface area contributed by atoms with E-state index < -0.39 is 0 Å². The second-order valence-electron chi connectivity index (χ2n) is 4.65. The van der Waals surface area contributed by atoms with Crippen molar-refractivity contribution in [3.05, 3.63) is 18.3 Å². The summed E-state index contributed by atoms with van der Waals surface area (Å²) in [6, 6.07) is 5.53. The third kappa shape index (κ3) is 5.33. The summed E-state index contributed by atoms with van der Waals surface area (Å²) >= 11 is 0. The Bertz CT molecular complexity index is 489. The number of hydrogen-bond donors (Lipinski definition) is 2. The second kappa shape index (κ2) is 8.14. The third-order valence-corrected chi connectivity index (χ3v) is 3.04. The van der Waals surface area contributed by atoms with E-state index >= 15 is 0 Å². The van der Waals surface area contributed by atoms with Crippen molar-refractivity contribution in [3.8, 4) is 6.07 Å². The van der Waals surface area contributed by atoms with Gasteiger partial charge < -0.3 is 15.4 Å². The molecule has 2 heterocycles. The Morgan fingerprint density at radius 3 is 3.29 bits per heavy atom. The Hall–Kier alpha value is -2.24. The Labute approximate surface area is 123 Å². The summed E-state index contributed by atoms with van der Waals surface area (Å²) in [6.45, 7) is 2.88. The van der Waals surface area contributed by atoms with E-state index in [1.807, 2.05) is 23.1 Å². The quantitative estimate of drug-likeness (QED) is 0.663. The van der Waals surface area contributed by atoms with Gasteiger partial charge in [0.1, 0.15) is 12.4 Å². The number of morpholine rings is 1. The highest BCUT2D eigenvalue weighted by molar-refractivity contribution is 5.78. The molecule has 0 aromatic carbocycles. The lowest BCUT2D eigenvalue weighted by Gasteiger charge is -2.32. The molecule has 1 aromatic rings. The number of anilines is 1. The van der Waals surface area contributed by atoms with E-state index in [1.54, 1.807) is 6.20 Å². The molecule has 1 aliphatic rings. The Kier molecular flexibility index (Phi) is 5.87. The van der Waals surface area contributed by atoms with Crippen LogP contribution in [-0.4, -0.2) is 66.4 Å². The summed E-state index contributed by atoms with van der Waals surface area (Å²) in [4.78, 5) is 13.6. The first-order valence-electron chi connectivity index (χ1n) is 6.77. The lowest BCUT2D eigenvalue weighted by Crippen LogP contribution is -2.48. The van der Waals surface area contributed by atoms with Crippen molar-refractivity contribution in [1.82, 2.24) is 20.4 Å². The van der Waals surface area contributed by atoms with Crippen LogP contribution in [0.1, 0.15) is 0 Å². The van der Waals surface area contributed by atoms with E-state index in [0.29, 0.717) is 32.1 Å². The predicted molar refractivity (Wildman–Crippen MR) is 75.3 cm³/mol. The molecule has 1 amide bonds. The Morgan fingerprint density at radius 2 is 2.52 bits per heavy atom. The topological polar surface area (TPSA) is 103 Å². The zero-order valence-corrected chi connectivity index (χ0v) is 11.7. The molecule has 0 radical (unpaired) electrons. The van der Waals surface area contributed by atoms with E-state index in [2.05, 4.69) is 20.8 Å². The first-order valence-corrected chi connectivity index (χ1v) is 6.77. The van der Waals surface area contributed by atoms with Crippen LogP contribution in [0, 0.1) is 11.3 Å². The van der Waals surface area contributed by atoms with Gasteiger partial charge in [0, 0.05) is 25.8 Å². The van der Waals surface area contributed by atoms with Crippen LogP contribution in [0.3, 0.4) is 0 Å². The molecule has 0 saturated carbocycles. The van der Waals surface area contributed by atoms with Crippen LogP contribution in [-0.2, 0) is 9.53 Å². The fraction of sp³-hybridized carbons (Fsp3) is 0.538. The minimum Gasteiger partial charge on any atom is -0.374 e. The van der Waals surface area contributed by atoms with E-state index in [9.17, 15) is 4.79 Å². The predicted octanol–water partition coefficient (Wildman–Crippen LogP) is -0.771. The number of rotatable bonds is 6. The average molecular weight is 290 g/mol. The molecule has 2 rings (SSSR count). The third-order valence-electron chi connectivity index (χ3n) is 3.04. The highest BCUT2D eigenvalue weighted by Crippen LogP contribution is 2.06. The first-order chi connectivity index (χ1) is 10.3. The maximum Gasteiger partial charge on any atom is 0.235 e. The minimum atomic E-state index is -0.140. The standard InChI is InChI=1S/C13H18N6O2/c14-3-5-15-13(20)10-19-6-7-21-11(9-19)8-16-12-2-1-4-17-18-12/h1-2,4,11H,5-10H2,(H,15,20)(H,16,18)/t11-/m0/s1. The number of amides is 1. The van der Waals surface area contributed by atoms with E-state index in [4.69, 9.17) is 10.00 Å². The maximum absolute atomic E-state index is 11.6. The van der Waals surface area contributed by atoms with Crippen molar-refractivity contribution >= 4 is 11.7 Å². The van der Waals surface area contributed by atoms with Crippen LogP contribution in [0.25, 0.3) is 0 Å². The van der Waals surface area contributed by atoms with Gasteiger partial charge in [-0.3, -0.25) is 9.69 Å². The molecular formula is C13H18N6O2. The number of ether oxygens (including phenoxy) is 1. The molecule has 2 N–H and O–H groups in total. The van der Waals surface area contributed by atoms with Crippen molar-refractivity contribution in [3.63, 3.8) is 0 Å². The van der Waals surface area contributed by atoms with Gasteiger partial charge in [-0.15, -0.1) is 5.10 Å². The first kappa shape index (κ1) is 15.2. The highest BCUT2D eigenvalue weighted by Gasteiger charge is 2.21. The molecule has 1 saturated heterocycles. The highest BCUT2D eigenvalue weighted by atomic mass is 16.5. The monoisotopic (exact) mass is 290 g/mol. The van der Waals surface area contributed by atoms with Crippen molar-refractivity contribution in [2.24, 2.45) is 0 Å². The molecule has 0 spiro atoms. The average Bonchev–Trinajstić information content (AvgIpc) is 2.52. The molecule has 21 heavy (non-hydrogen) atoms. The number of hydrogen-bond acceptors (Lipinski definition) is 7. The summed E-state index contributed by atoms with van der Waals surface area (Å²) in [5.41, 5.74) is 0. The van der Waals surface area contributed by atoms with Gasteiger partial charge in [-0.2, -0.15) is 10.4 Å². The summed E-state index contributed by atoms with van der Waals surface area (Å²) < 4.78 is 5.66. The fourth-order valence-electron chi connectivity index (χ4n) is 2.06. The summed E-state index contributed by atoms with van der Waals surface area (Å²) in [7, 11) is 0. The zero-order chi connectivity index (χ0) is 14.9. The molecule has 8 nitrogen and oxygen atoms in total. The van der Waals surface area contributed by atoms with Gasteiger partial charge >= 0.3 is 0 Å². The van der Waals surface area contributed by atoms with Crippen LogP contribution >= 0.6 is 0 Å². The smallest absolute Gasteiger partial charge is 0.235 e. The van der Waals surface area contributed by atoms with Gasteiger partial charge in [-0.25, -0.2) is 0 Å². The number of carbonyl (C=O) groups excluding carboxylic acids is 1. The Balaban J connectivity index is 1.73. The molecule has 112 valence electrons. The van der Waals surface area contributed by atoms with Crippen LogP contribution < -0.4 is 10.6 Å². The Morgan fingerprint density at radius 1 is 1.62 bits per heavy atom. The van der Waals surface area contributed by atoms with Crippen LogP contribution in [0.15, 0.2) is 18.3 Å². The molecule has 0 unspecified atom stereocenters. The molecule has 1 fully saturated rings. The van der Waals surface area contributed by atoms with Gasteiger partial charge in [0.25, 0.3) is 0 Å². The minimum absolute atomic E-state index is 0.00970. The van der Waals surface area contributed by atoms with E-state index in [1.165, 1.54) is 0 Å². The lowest BCUT2D eigenvalue weighted by atomic mass is 10.2. The number of carbonyl (C=O) groups is 1. The number of nitriles is 1. The molecule has 8 heteroatoms. The van der Waals surface area contributed by atoms with Crippen molar-refractivity contribution in [2.45, 2.75) is 6.10 Å². The summed E-state index contributed by atoms with van der Waals surface area (Å²) in [6.07, 6.45) is 1.61. The zero-order valence-electron chi connectivity index (χ0n) is 11.7. The van der Waals surface area contributed by atoms with Gasteiger partial charge in [0.05, 0.1) is 25.3 Å². The van der Waals surface area contributed by atoms with Crippen molar-refractivity contribution in [1.29, 1.82) is 5.26 Å². The maximum atomic E-state index is 11.6. The summed E-state index contributed by atoms with van der Waals surface area (Å²) in [5.74, 6) is 0.559. The summed E-state index contributed by atoms with van der Waals surface area (Å²) in [5, 5.41) is 21.8. The van der Waals surface area contributed by atoms with Gasteiger partial charge in [0.15, 0.2) is 0 Å². The lowest BCUT2D eigenvalue weighted by molar-refractivity contribution is -0.123. The van der Waals surface area contributed by atoms with Gasteiger partial charge in [0.2, 0.25) is 5.91 Å².